The molecule has 0 saturated heterocycles. The second-order valence-corrected chi connectivity index (χ2v) is 4.29. The van der Waals surface area contributed by atoms with E-state index in [1.807, 2.05) is 6.92 Å². The van der Waals surface area contributed by atoms with Crippen LogP contribution >= 0.6 is 0 Å². The molecule has 0 aliphatic heterocycles. The highest BCUT2D eigenvalue weighted by atomic mass is 16.6. The lowest BCUT2D eigenvalue weighted by molar-refractivity contribution is -0.384. The van der Waals surface area contributed by atoms with Crippen molar-refractivity contribution in [3.05, 3.63) is 58.4 Å². The fourth-order valence-electron chi connectivity index (χ4n) is 1.68. The molecule has 0 spiro atoms. The minimum atomic E-state index is -0.464. The molecule has 6 heteroatoms. The molecule has 2 rings (SSSR count). The van der Waals surface area contributed by atoms with Gasteiger partial charge in [-0.25, -0.2) is 0 Å². The van der Waals surface area contributed by atoms with Gasteiger partial charge >= 0.3 is 0 Å². The van der Waals surface area contributed by atoms with Gasteiger partial charge in [0.1, 0.15) is 11.5 Å². The Hall–Kier alpha value is -2.47. The second-order valence-electron chi connectivity index (χ2n) is 4.29. The smallest absolute Gasteiger partial charge is 0.273 e. The average Bonchev–Trinajstić information content (AvgIpc) is 2.47. The van der Waals surface area contributed by atoms with Crippen molar-refractivity contribution in [2.24, 2.45) is 5.73 Å². The Morgan fingerprint density at radius 3 is 2.75 bits per heavy atom. The summed E-state index contributed by atoms with van der Waals surface area (Å²) in [5.74, 6) is 0.908. The Balaban J connectivity index is 2.14. The van der Waals surface area contributed by atoms with Crippen LogP contribution in [-0.2, 0) is 0 Å². The van der Waals surface area contributed by atoms with Gasteiger partial charge in [0.05, 0.1) is 22.9 Å². The van der Waals surface area contributed by atoms with E-state index >= 15 is 0 Å². The summed E-state index contributed by atoms with van der Waals surface area (Å²) in [6.07, 6.45) is 2.36. The zero-order valence-corrected chi connectivity index (χ0v) is 11.0. The first-order valence-corrected chi connectivity index (χ1v) is 6.24. The summed E-state index contributed by atoms with van der Waals surface area (Å²) in [4.78, 5) is 14.4. The molecular weight excluding hydrogens is 258 g/mol. The van der Waals surface area contributed by atoms with Gasteiger partial charge in [0.15, 0.2) is 0 Å². The Morgan fingerprint density at radius 1 is 1.35 bits per heavy atom. The average molecular weight is 273 g/mol. The van der Waals surface area contributed by atoms with Crippen molar-refractivity contribution in [1.29, 1.82) is 0 Å². The van der Waals surface area contributed by atoms with Gasteiger partial charge in [-0.15, -0.1) is 0 Å². The third-order valence-electron chi connectivity index (χ3n) is 2.84. The van der Waals surface area contributed by atoms with Gasteiger partial charge in [-0.05, 0) is 24.6 Å². The zero-order chi connectivity index (χ0) is 14.5. The third kappa shape index (κ3) is 3.30. The highest BCUT2D eigenvalue weighted by Gasteiger charge is 2.08. The van der Waals surface area contributed by atoms with Gasteiger partial charge in [0.2, 0.25) is 0 Å². The standard InChI is InChI=1S/C14H15N3O3/c1-2-13(15)14-7-6-12(9-16-14)20-11-5-3-4-10(8-11)17(18)19/h3-9,13H,2,15H2,1H3/t13-/m1/s1. The molecule has 6 nitrogen and oxygen atoms in total. The number of nitro groups is 1. The number of rotatable bonds is 5. The minimum Gasteiger partial charge on any atom is -0.455 e. The monoisotopic (exact) mass is 273 g/mol. The molecule has 1 aromatic heterocycles. The molecule has 2 N–H and O–H groups in total. The van der Waals surface area contributed by atoms with Crippen LogP contribution in [0.25, 0.3) is 0 Å². The van der Waals surface area contributed by atoms with E-state index in [2.05, 4.69) is 4.98 Å². The number of nitrogens with two attached hydrogens (primary N) is 1. The van der Waals surface area contributed by atoms with Gasteiger partial charge in [0.25, 0.3) is 5.69 Å². The van der Waals surface area contributed by atoms with Gasteiger partial charge < -0.3 is 10.5 Å². The van der Waals surface area contributed by atoms with E-state index in [0.717, 1.165) is 12.1 Å². The molecule has 0 aliphatic rings. The number of pyridine rings is 1. The van der Waals surface area contributed by atoms with E-state index in [1.54, 1.807) is 30.5 Å². The maximum Gasteiger partial charge on any atom is 0.273 e. The summed E-state index contributed by atoms with van der Waals surface area (Å²) in [5, 5.41) is 10.7. The summed E-state index contributed by atoms with van der Waals surface area (Å²) >= 11 is 0. The number of non-ortho nitro benzene ring substituents is 1. The van der Waals surface area contributed by atoms with Crippen LogP contribution in [0.5, 0.6) is 11.5 Å². The van der Waals surface area contributed by atoms with Crippen LogP contribution in [0.15, 0.2) is 42.6 Å². The highest BCUT2D eigenvalue weighted by Crippen LogP contribution is 2.25. The van der Waals surface area contributed by atoms with Crippen LogP contribution in [0.2, 0.25) is 0 Å². The fraction of sp³-hybridized carbons (Fsp3) is 0.214. The van der Waals surface area contributed by atoms with Crippen LogP contribution < -0.4 is 10.5 Å². The van der Waals surface area contributed by atoms with Gasteiger partial charge in [-0.2, -0.15) is 0 Å². The Kier molecular flexibility index (Phi) is 4.27. The lowest BCUT2D eigenvalue weighted by Crippen LogP contribution is -2.10. The first-order valence-electron chi connectivity index (χ1n) is 6.24. The molecule has 0 unspecified atom stereocenters. The lowest BCUT2D eigenvalue weighted by Gasteiger charge is -2.09. The van der Waals surface area contributed by atoms with Crippen LogP contribution in [0.1, 0.15) is 25.1 Å². The lowest BCUT2D eigenvalue weighted by atomic mass is 10.1. The maximum atomic E-state index is 10.7. The largest absolute Gasteiger partial charge is 0.455 e. The zero-order valence-electron chi connectivity index (χ0n) is 11.0. The van der Waals surface area contributed by atoms with Crippen LogP contribution in [0, 0.1) is 10.1 Å². The summed E-state index contributed by atoms with van der Waals surface area (Å²) in [6, 6.07) is 9.44. The van der Waals surface area contributed by atoms with Crippen molar-refractivity contribution < 1.29 is 9.66 Å². The van der Waals surface area contributed by atoms with E-state index in [4.69, 9.17) is 10.5 Å². The van der Waals surface area contributed by atoms with Crippen molar-refractivity contribution in [3.8, 4) is 11.5 Å². The number of hydrogen-bond acceptors (Lipinski definition) is 5. The molecule has 0 fully saturated rings. The van der Waals surface area contributed by atoms with Gasteiger partial charge in [-0.1, -0.05) is 13.0 Å². The Morgan fingerprint density at radius 2 is 2.15 bits per heavy atom. The first-order chi connectivity index (χ1) is 9.60. The molecule has 0 aliphatic carbocycles. The summed E-state index contributed by atoms with van der Waals surface area (Å²) in [6.45, 7) is 1.99. The molecule has 104 valence electrons. The van der Waals surface area contributed by atoms with Crippen LogP contribution in [-0.4, -0.2) is 9.91 Å². The number of ether oxygens (including phenoxy) is 1. The Labute approximate surface area is 116 Å². The highest BCUT2D eigenvalue weighted by molar-refractivity contribution is 5.40. The minimum absolute atomic E-state index is 0.0138. The molecule has 0 amide bonds. The van der Waals surface area contributed by atoms with Crippen LogP contribution in [0.3, 0.4) is 0 Å². The van der Waals surface area contributed by atoms with Crippen molar-refractivity contribution >= 4 is 5.69 Å². The van der Waals surface area contributed by atoms with Gasteiger partial charge in [-0.3, -0.25) is 15.1 Å². The SMILES string of the molecule is CC[C@@H](N)c1ccc(Oc2cccc([N+](=O)[O-])c2)cn1. The van der Waals surface area contributed by atoms with E-state index in [0.29, 0.717) is 11.5 Å². The van der Waals surface area contributed by atoms with Crippen molar-refractivity contribution in [3.63, 3.8) is 0 Å². The molecule has 0 saturated carbocycles. The predicted molar refractivity (Wildman–Crippen MR) is 74.6 cm³/mol. The molecule has 0 radical (unpaired) electrons. The molecule has 1 heterocycles. The van der Waals surface area contributed by atoms with E-state index in [9.17, 15) is 10.1 Å². The summed E-state index contributed by atoms with van der Waals surface area (Å²) in [7, 11) is 0. The van der Waals surface area contributed by atoms with E-state index < -0.39 is 4.92 Å². The van der Waals surface area contributed by atoms with Crippen molar-refractivity contribution in [1.82, 2.24) is 4.98 Å². The molecule has 20 heavy (non-hydrogen) atoms. The summed E-state index contributed by atoms with van der Waals surface area (Å²) in [5.41, 5.74) is 6.65. The molecule has 1 aromatic carbocycles. The molecule has 2 aromatic rings. The normalized spacial score (nSPS) is 11.9. The number of nitrogens with zero attached hydrogens (tertiary/aromatic N) is 2. The van der Waals surface area contributed by atoms with Crippen LogP contribution in [0.4, 0.5) is 5.69 Å². The summed E-state index contributed by atoms with van der Waals surface area (Å²) < 4.78 is 5.53. The topological polar surface area (TPSA) is 91.3 Å². The van der Waals surface area contributed by atoms with Gasteiger partial charge in [0, 0.05) is 12.1 Å². The first kappa shape index (κ1) is 14.0. The van der Waals surface area contributed by atoms with E-state index in [-0.39, 0.29) is 11.7 Å². The Bertz CT molecular complexity index is 599. The number of benzene rings is 1. The fourth-order valence-corrected chi connectivity index (χ4v) is 1.68. The van der Waals surface area contributed by atoms with Crippen molar-refractivity contribution in [2.45, 2.75) is 19.4 Å². The number of aromatic nitrogens is 1. The number of hydrogen-bond donors (Lipinski definition) is 1. The maximum absolute atomic E-state index is 10.7. The number of nitro benzene ring substituents is 1. The molecule has 0 bridgehead atoms. The quantitative estimate of drug-likeness (QED) is 0.667. The van der Waals surface area contributed by atoms with Crippen molar-refractivity contribution in [2.75, 3.05) is 0 Å². The molecular formula is C14H15N3O3. The second kappa shape index (κ2) is 6.12. The molecule has 1 atom stereocenters. The predicted octanol–water partition coefficient (Wildman–Crippen LogP) is 3.19. The third-order valence-corrected chi connectivity index (χ3v) is 2.84. The van der Waals surface area contributed by atoms with E-state index in [1.165, 1.54) is 12.1 Å².